The minimum Gasteiger partial charge on any atom is -0.493 e. The van der Waals surface area contributed by atoms with Crippen LogP contribution in [-0.4, -0.2) is 79.6 Å². The van der Waals surface area contributed by atoms with Gasteiger partial charge in [-0.3, -0.25) is 9.69 Å². The first kappa shape index (κ1) is 24.0. The topological polar surface area (TPSA) is 97.3 Å². The van der Waals surface area contributed by atoms with Gasteiger partial charge >= 0.3 is 5.97 Å². The maximum atomic E-state index is 12.0. The van der Waals surface area contributed by atoms with Crippen molar-refractivity contribution in [1.82, 2.24) is 14.9 Å². The zero-order chi connectivity index (χ0) is 23.3. The molecule has 2 aromatic rings. The Hall–Kier alpha value is -2.65. The second-order valence-corrected chi connectivity index (χ2v) is 8.26. The fourth-order valence-corrected chi connectivity index (χ4v) is 4.12. The molecule has 3 rings (SSSR count). The van der Waals surface area contributed by atoms with E-state index < -0.39 is 0 Å². The van der Waals surface area contributed by atoms with Gasteiger partial charge in [0, 0.05) is 37.1 Å². The minimum atomic E-state index is -0.152. The van der Waals surface area contributed by atoms with Crippen LogP contribution >= 0.6 is 0 Å². The van der Waals surface area contributed by atoms with Crippen molar-refractivity contribution in [2.45, 2.75) is 39.3 Å². The van der Waals surface area contributed by atoms with E-state index in [0.717, 1.165) is 16.7 Å². The molecule has 0 saturated carbocycles. The van der Waals surface area contributed by atoms with Crippen molar-refractivity contribution in [2.75, 3.05) is 52.5 Å². The summed E-state index contributed by atoms with van der Waals surface area (Å²) in [6, 6.07) is 4.02. The number of aliphatic hydroxyl groups excluding tert-OH is 1. The van der Waals surface area contributed by atoms with Crippen LogP contribution in [0.1, 0.15) is 32.5 Å². The van der Waals surface area contributed by atoms with Crippen LogP contribution in [0, 0.1) is 5.92 Å². The highest BCUT2D eigenvalue weighted by Gasteiger charge is 2.28. The fraction of sp³-hybridized carbons (Fsp3) is 0.609. The molecule has 0 bridgehead atoms. The SMILES string of the molecule is COC(=O)C1CCN(c2nc(CN(CCO)C(C)C)nc3cc(OC)c(OC)cc23)CC1. The first-order valence-corrected chi connectivity index (χ1v) is 11.0. The summed E-state index contributed by atoms with van der Waals surface area (Å²) in [6.45, 7) is 6.71. The number of benzene rings is 1. The van der Waals surface area contributed by atoms with Crippen molar-refractivity contribution in [3.05, 3.63) is 18.0 Å². The molecule has 176 valence electrons. The average molecular weight is 447 g/mol. The van der Waals surface area contributed by atoms with Crippen LogP contribution in [0.5, 0.6) is 11.5 Å². The number of rotatable bonds is 9. The van der Waals surface area contributed by atoms with Crippen molar-refractivity contribution in [1.29, 1.82) is 0 Å². The molecule has 2 heterocycles. The van der Waals surface area contributed by atoms with E-state index in [2.05, 4.69) is 23.6 Å². The summed E-state index contributed by atoms with van der Waals surface area (Å²) in [4.78, 5) is 26.0. The predicted molar refractivity (Wildman–Crippen MR) is 122 cm³/mol. The van der Waals surface area contributed by atoms with Crippen LogP contribution in [0.15, 0.2) is 12.1 Å². The molecule has 0 atom stereocenters. The maximum absolute atomic E-state index is 12.0. The molecule has 32 heavy (non-hydrogen) atoms. The summed E-state index contributed by atoms with van der Waals surface area (Å²) in [5, 5.41) is 10.3. The molecule has 9 nitrogen and oxygen atoms in total. The van der Waals surface area contributed by atoms with Gasteiger partial charge in [0.05, 0.1) is 45.9 Å². The largest absolute Gasteiger partial charge is 0.493 e. The van der Waals surface area contributed by atoms with Crippen LogP contribution in [0.25, 0.3) is 10.9 Å². The number of ether oxygens (including phenoxy) is 3. The van der Waals surface area contributed by atoms with Gasteiger partial charge in [0.1, 0.15) is 11.6 Å². The van der Waals surface area contributed by atoms with Gasteiger partial charge in [-0.05, 0) is 32.8 Å². The number of aliphatic hydroxyl groups is 1. The van der Waals surface area contributed by atoms with Crippen LogP contribution < -0.4 is 14.4 Å². The van der Waals surface area contributed by atoms with Gasteiger partial charge in [0.25, 0.3) is 0 Å². The number of aromatic nitrogens is 2. The van der Waals surface area contributed by atoms with E-state index in [9.17, 15) is 9.90 Å². The van der Waals surface area contributed by atoms with Crippen LogP contribution in [-0.2, 0) is 16.1 Å². The summed E-state index contributed by atoms with van der Waals surface area (Å²) in [5.74, 6) is 2.49. The molecule has 0 spiro atoms. The zero-order valence-electron chi connectivity index (χ0n) is 19.6. The van der Waals surface area contributed by atoms with E-state index >= 15 is 0 Å². The number of methoxy groups -OCH3 is 3. The molecule has 1 aliphatic rings. The van der Waals surface area contributed by atoms with Gasteiger partial charge in [0.15, 0.2) is 11.5 Å². The molecule has 0 radical (unpaired) electrons. The lowest BCUT2D eigenvalue weighted by Crippen LogP contribution is -2.38. The van der Waals surface area contributed by atoms with E-state index in [0.29, 0.717) is 56.3 Å². The third kappa shape index (κ3) is 5.21. The van der Waals surface area contributed by atoms with Crippen molar-refractivity contribution < 1.29 is 24.1 Å². The van der Waals surface area contributed by atoms with E-state index in [1.165, 1.54) is 7.11 Å². The van der Waals surface area contributed by atoms with Gasteiger partial charge in [-0.1, -0.05) is 0 Å². The molecule has 1 aromatic heterocycles. The first-order valence-electron chi connectivity index (χ1n) is 11.0. The predicted octanol–water partition coefficient (Wildman–Crippen LogP) is 2.24. The number of piperidine rings is 1. The molecular weight excluding hydrogens is 412 g/mol. The average Bonchev–Trinajstić information content (AvgIpc) is 2.81. The van der Waals surface area contributed by atoms with E-state index in [4.69, 9.17) is 24.2 Å². The number of nitrogens with zero attached hydrogens (tertiary/aromatic N) is 4. The lowest BCUT2D eigenvalue weighted by molar-refractivity contribution is -0.146. The Kier molecular flexibility index (Phi) is 8.09. The molecule has 0 amide bonds. The van der Waals surface area contributed by atoms with Crippen LogP contribution in [0.4, 0.5) is 5.82 Å². The van der Waals surface area contributed by atoms with Crippen molar-refractivity contribution in [3.8, 4) is 11.5 Å². The van der Waals surface area contributed by atoms with Crippen LogP contribution in [0.3, 0.4) is 0 Å². The van der Waals surface area contributed by atoms with E-state index in [1.807, 2.05) is 12.1 Å². The van der Waals surface area contributed by atoms with Gasteiger partial charge in [-0.25, -0.2) is 9.97 Å². The Morgan fingerprint density at radius 3 is 2.38 bits per heavy atom. The molecule has 1 saturated heterocycles. The Labute approximate surface area is 189 Å². The van der Waals surface area contributed by atoms with Gasteiger partial charge in [-0.2, -0.15) is 0 Å². The summed E-state index contributed by atoms with van der Waals surface area (Å²) in [5.41, 5.74) is 0.769. The van der Waals surface area contributed by atoms with E-state index in [-0.39, 0.29) is 24.5 Å². The highest BCUT2D eigenvalue weighted by molar-refractivity contribution is 5.92. The second kappa shape index (κ2) is 10.8. The smallest absolute Gasteiger partial charge is 0.308 e. The van der Waals surface area contributed by atoms with Crippen molar-refractivity contribution in [3.63, 3.8) is 0 Å². The Morgan fingerprint density at radius 1 is 1.16 bits per heavy atom. The first-order chi connectivity index (χ1) is 15.4. The Balaban J connectivity index is 2.02. The minimum absolute atomic E-state index is 0.0741. The fourth-order valence-electron chi connectivity index (χ4n) is 4.12. The lowest BCUT2D eigenvalue weighted by atomic mass is 9.97. The molecule has 1 aromatic carbocycles. The standard InChI is InChI=1S/C23H34N4O5/c1-15(2)27(10-11-28)14-21-24-18-13-20(31-4)19(30-3)12-17(18)22(25-21)26-8-6-16(7-9-26)23(29)32-5/h12-13,15-16,28H,6-11,14H2,1-5H3. The van der Waals surface area contributed by atoms with Crippen molar-refractivity contribution in [2.24, 2.45) is 5.92 Å². The Morgan fingerprint density at radius 2 is 1.81 bits per heavy atom. The third-order valence-electron chi connectivity index (χ3n) is 6.02. The normalized spacial score (nSPS) is 14.9. The number of anilines is 1. The molecular formula is C23H34N4O5. The van der Waals surface area contributed by atoms with Gasteiger partial charge in [-0.15, -0.1) is 0 Å². The zero-order valence-corrected chi connectivity index (χ0v) is 19.6. The third-order valence-corrected chi connectivity index (χ3v) is 6.02. The molecule has 1 fully saturated rings. The molecule has 9 heteroatoms. The number of carbonyl (C=O) groups excluding carboxylic acids is 1. The quantitative estimate of drug-likeness (QED) is 0.582. The highest BCUT2D eigenvalue weighted by atomic mass is 16.5. The molecule has 0 unspecified atom stereocenters. The summed E-state index contributed by atoms with van der Waals surface area (Å²) in [6.07, 6.45) is 1.42. The summed E-state index contributed by atoms with van der Waals surface area (Å²) in [7, 11) is 4.65. The number of esters is 1. The second-order valence-electron chi connectivity index (χ2n) is 8.26. The van der Waals surface area contributed by atoms with E-state index in [1.54, 1.807) is 14.2 Å². The van der Waals surface area contributed by atoms with Gasteiger partial charge in [0.2, 0.25) is 0 Å². The van der Waals surface area contributed by atoms with Crippen molar-refractivity contribution >= 4 is 22.7 Å². The number of carbonyl (C=O) groups is 1. The summed E-state index contributed by atoms with van der Waals surface area (Å²) < 4.78 is 15.9. The lowest BCUT2D eigenvalue weighted by Gasteiger charge is -2.33. The number of hydrogen-bond acceptors (Lipinski definition) is 9. The molecule has 0 aliphatic carbocycles. The Bertz CT molecular complexity index is 928. The number of hydrogen-bond donors (Lipinski definition) is 1. The molecule has 1 N–H and O–H groups in total. The monoisotopic (exact) mass is 446 g/mol. The highest BCUT2D eigenvalue weighted by Crippen LogP contribution is 2.36. The summed E-state index contributed by atoms with van der Waals surface area (Å²) >= 11 is 0. The number of fused-ring (bicyclic) bond motifs is 1. The maximum Gasteiger partial charge on any atom is 0.308 e. The van der Waals surface area contributed by atoms with Crippen LogP contribution in [0.2, 0.25) is 0 Å². The van der Waals surface area contributed by atoms with Gasteiger partial charge < -0.3 is 24.2 Å². The molecule has 1 aliphatic heterocycles.